The van der Waals surface area contributed by atoms with Gasteiger partial charge in [-0.1, -0.05) is 72.8 Å². The Balaban J connectivity index is 1.42. The average Bonchev–Trinajstić information content (AvgIpc) is 3.09. The van der Waals surface area contributed by atoms with Crippen LogP contribution in [0.25, 0.3) is 0 Å². The van der Waals surface area contributed by atoms with E-state index in [-0.39, 0.29) is 0 Å². The Labute approximate surface area is 283 Å². The van der Waals surface area contributed by atoms with E-state index in [1.807, 2.05) is 72.8 Å². The molecule has 1 aliphatic heterocycles. The van der Waals surface area contributed by atoms with Gasteiger partial charge in [0.05, 0.1) is 0 Å². The van der Waals surface area contributed by atoms with Gasteiger partial charge in [0.2, 0.25) is 0 Å². The summed E-state index contributed by atoms with van der Waals surface area (Å²) in [5.41, 5.74) is 4.27. The fourth-order valence-electron chi connectivity index (χ4n) is 5.67. The summed E-state index contributed by atoms with van der Waals surface area (Å²) in [5.74, 6) is 7.32. The van der Waals surface area contributed by atoms with Crippen LogP contribution in [0.3, 0.4) is 0 Å². The number of benzene rings is 4. The molecule has 1 fully saturated rings. The van der Waals surface area contributed by atoms with E-state index in [9.17, 15) is 0 Å². The van der Waals surface area contributed by atoms with Gasteiger partial charge in [-0.05, 0) is 0 Å². The van der Waals surface area contributed by atoms with Gasteiger partial charge in [0.15, 0.2) is 0 Å². The van der Waals surface area contributed by atoms with Crippen LogP contribution in [-0.4, -0.2) is 57.2 Å². The molecule has 0 spiro atoms. The van der Waals surface area contributed by atoms with Crippen LogP contribution in [0.1, 0.15) is 28.7 Å². The van der Waals surface area contributed by atoms with E-state index in [0.29, 0.717) is 39.6 Å². The summed E-state index contributed by atoms with van der Waals surface area (Å²) >= 11 is -1.65. The van der Waals surface area contributed by atoms with Gasteiger partial charge >= 0.3 is 212 Å². The first-order chi connectivity index (χ1) is 22.9. The molecule has 4 aromatic carbocycles. The third kappa shape index (κ3) is 12.0. The maximum atomic E-state index is 6.80. The Morgan fingerprint density at radius 3 is 1.36 bits per heavy atom. The summed E-state index contributed by atoms with van der Waals surface area (Å²) in [5, 5.41) is 1.26. The van der Waals surface area contributed by atoms with E-state index in [1.54, 1.807) is 0 Å². The molecule has 47 heavy (non-hydrogen) atoms. The van der Waals surface area contributed by atoms with Crippen molar-refractivity contribution in [2.24, 2.45) is 0 Å². The van der Waals surface area contributed by atoms with Gasteiger partial charge in [-0.25, -0.2) is 0 Å². The van der Waals surface area contributed by atoms with Crippen molar-refractivity contribution >= 4 is 13.3 Å². The van der Waals surface area contributed by atoms with Crippen LogP contribution in [0.4, 0.5) is 0 Å². The van der Waals surface area contributed by atoms with Crippen LogP contribution in [-0.2, 0) is 54.8 Å². The minimum atomic E-state index is -1.65. The zero-order valence-electron chi connectivity index (χ0n) is 28.0. The fraction of sp³-hybridized carbons (Fsp3) is 0.400. The summed E-state index contributed by atoms with van der Waals surface area (Å²) in [6.45, 7) is 2.64. The van der Waals surface area contributed by atoms with Crippen molar-refractivity contribution in [3.05, 3.63) is 144 Å². The van der Waals surface area contributed by atoms with E-state index < -0.39 is 44.0 Å². The van der Waals surface area contributed by atoms with Crippen LogP contribution in [0.2, 0.25) is 22.5 Å². The standard InChI is InChI=1S/C40H50GeO6/c1-41(2,3)25-16-26-42-31-36-37(43-27-32-17-8-4-9-18-32)38(44-28-33-19-10-5-11-20-33)39(45-29-34-21-12-6-13-22-34)40(47-36)46-30-35-23-14-7-15-24-35/h4-15,17-24,36-40H,16,25-31H2,1-3H3/t36-,37-,38+,39-,40-/m1/s1. The average molecular weight is 699 g/mol. The van der Waals surface area contributed by atoms with Crippen molar-refractivity contribution in [2.75, 3.05) is 13.2 Å². The van der Waals surface area contributed by atoms with Gasteiger partial charge in [0.1, 0.15) is 0 Å². The van der Waals surface area contributed by atoms with Crippen molar-refractivity contribution < 1.29 is 28.4 Å². The molecule has 7 heteroatoms. The minimum absolute atomic E-state index is 0.373. The van der Waals surface area contributed by atoms with Crippen LogP contribution < -0.4 is 0 Å². The number of hydrogen-bond acceptors (Lipinski definition) is 6. The molecular weight excluding hydrogens is 649 g/mol. The van der Waals surface area contributed by atoms with E-state index in [0.717, 1.165) is 28.7 Å². The number of rotatable bonds is 18. The fourth-order valence-corrected chi connectivity index (χ4v) is 8.20. The molecule has 0 saturated carbocycles. The first-order valence-corrected chi connectivity index (χ1v) is 24.6. The van der Waals surface area contributed by atoms with Gasteiger partial charge in [0, 0.05) is 0 Å². The van der Waals surface area contributed by atoms with Crippen molar-refractivity contribution in [3.63, 3.8) is 0 Å². The molecule has 1 aliphatic rings. The van der Waals surface area contributed by atoms with E-state index >= 15 is 0 Å². The Bertz CT molecular complexity index is 1400. The summed E-state index contributed by atoms with van der Waals surface area (Å²) < 4.78 is 39.8. The Morgan fingerprint density at radius 1 is 0.511 bits per heavy atom. The second-order valence-electron chi connectivity index (χ2n) is 13.4. The Hall–Kier alpha value is -2.82. The van der Waals surface area contributed by atoms with Crippen LogP contribution in [0, 0.1) is 0 Å². The molecule has 0 unspecified atom stereocenters. The third-order valence-corrected chi connectivity index (χ3v) is 12.1. The zero-order valence-corrected chi connectivity index (χ0v) is 30.1. The molecule has 1 saturated heterocycles. The van der Waals surface area contributed by atoms with Crippen molar-refractivity contribution in [1.82, 2.24) is 0 Å². The van der Waals surface area contributed by atoms with E-state index in [2.05, 4.69) is 65.8 Å². The van der Waals surface area contributed by atoms with Crippen molar-refractivity contribution in [1.29, 1.82) is 0 Å². The molecule has 4 aromatic rings. The maximum absolute atomic E-state index is 6.80. The van der Waals surface area contributed by atoms with Gasteiger partial charge in [0.25, 0.3) is 0 Å². The Morgan fingerprint density at radius 2 is 0.915 bits per heavy atom. The SMILES string of the molecule is [CH3][Ge]([CH3])([CH3])[CH2]CCOC[C@H]1O[C@@H](OCc2ccccc2)[C@H](OCc2ccccc2)[C@@H](OCc2ccccc2)[C@@H]1OCc1ccccc1. The first kappa shape index (κ1) is 35.5. The molecule has 0 aliphatic carbocycles. The second kappa shape index (κ2) is 18.7. The summed E-state index contributed by atoms with van der Waals surface area (Å²) in [4.78, 5) is 0. The van der Waals surface area contributed by atoms with Gasteiger partial charge in [-0.15, -0.1) is 0 Å². The topological polar surface area (TPSA) is 55.4 Å². The van der Waals surface area contributed by atoms with Gasteiger partial charge in [-0.3, -0.25) is 0 Å². The predicted molar refractivity (Wildman–Crippen MR) is 189 cm³/mol. The first-order valence-electron chi connectivity index (χ1n) is 16.8. The molecule has 0 bridgehead atoms. The third-order valence-electron chi connectivity index (χ3n) is 8.20. The van der Waals surface area contributed by atoms with Crippen LogP contribution >= 0.6 is 0 Å². The van der Waals surface area contributed by atoms with Crippen molar-refractivity contribution in [3.8, 4) is 0 Å². The molecule has 1 heterocycles. The molecule has 6 nitrogen and oxygen atoms in total. The van der Waals surface area contributed by atoms with Crippen molar-refractivity contribution in [2.45, 2.75) is 86.1 Å². The number of hydrogen-bond donors (Lipinski definition) is 0. The van der Waals surface area contributed by atoms with Crippen LogP contribution in [0.15, 0.2) is 121 Å². The molecule has 0 aromatic heterocycles. The molecule has 5 atom stereocenters. The summed E-state index contributed by atoms with van der Waals surface area (Å²) in [6.07, 6.45) is -1.58. The number of ether oxygens (including phenoxy) is 6. The summed E-state index contributed by atoms with van der Waals surface area (Å²) in [7, 11) is 0. The molecular formula is C40H50GeO6. The molecule has 0 radical (unpaired) electrons. The Kier molecular flexibility index (Phi) is 14.1. The predicted octanol–water partition coefficient (Wildman–Crippen LogP) is 8.43. The molecule has 5 rings (SSSR count). The second-order valence-corrected chi connectivity index (χ2v) is 25.2. The quantitative estimate of drug-likeness (QED) is 0.0768. The van der Waals surface area contributed by atoms with E-state index in [4.69, 9.17) is 28.4 Å². The monoisotopic (exact) mass is 700 g/mol. The van der Waals surface area contributed by atoms with E-state index in [1.165, 1.54) is 5.25 Å². The van der Waals surface area contributed by atoms with Gasteiger partial charge in [-0.2, -0.15) is 0 Å². The molecule has 0 N–H and O–H groups in total. The summed E-state index contributed by atoms with van der Waals surface area (Å²) in [6, 6.07) is 40.7. The van der Waals surface area contributed by atoms with Crippen LogP contribution in [0.5, 0.6) is 0 Å². The molecule has 0 amide bonds. The molecule has 250 valence electrons. The normalized spacial score (nSPS) is 21.5. The van der Waals surface area contributed by atoms with Gasteiger partial charge < -0.3 is 0 Å². The zero-order chi connectivity index (χ0) is 32.7.